The molecule has 0 saturated carbocycles. The molecule has 0 bridgehead atoms. The fraction of sp³-hybridized carbons (Fsp3) is 0.118. The van der Waals surface area contributed by atoms with E-state index in [1.54, 1.807) is 4.68 Å². The van der Waals surface area contributed by atoms with Gasteiger partial charge in [0.05, 0.1) is 6.54 Å². The van der Waals surface area contributed by atoms with Crippen LogP contribution in [0.5, 0.6) is 0 Å². The number of benzene rings is 2. The van der Waals surface area contributed by atoms with Crippen molar-refractivity contribution in [2.45, 2.75) is 13.5 Å². The summed E-state index contributed by atoms with van der Waals surface area (Å²) in [4.78, 5) is 15.6. The average molecular weight is 292 g/mol. The van der Waals surface area contributed by atoms with Gasteiger partial charge >= 0.3 is 0 Å². The second kappa shape index (κ2) is 6.22. The standard InChI is InChI=1S/C17H16N4O/c1-13-7-5-6-10-15(13)19-17-20-16(22)11-18-21(17)12-14-8-3-2-4-9-14/h2-11H,12H2,1H3,(H,19,20,22). The highest BCUT2D eigenvalue weighted by atomic mass is 16.1. The summed E-state index contributed by atoms with van der Waals surface area (Å²) in [6.07, 6.45) is 1.23. The first-order valence-corrected chi connectivity index (χ1v) is 7.03. The molecule has 0 unspecified atom stereocenters. The van der Waals surface area contributed by atoms with E-state index in [1.807, 2.05) is 61.5 Å². The van der Waals surface area contributed by atoms with Gasteiger partial charge in [0.15, 0.2) is 0 Å². The van der Waals surface area contributed by atoms with E-state index in [4.69, 9.17) is 0 Å². The van der Waals surface area contributed by atoms with Crippen LogP contribution >= 0.6 is 0 Å². The summed E-state index contributed by atoms with van der Waals surface area (Å²) in [5.74, 6) is 0.436. The average Bonchev–Trinajstić information content (AvgIpc) is 2.53. The lowest BCUT2D eigenvalue weighted by molar-refractivity contribution is 0.652. The summed E-state index contributed by atoms with van der Waals surface area (Å²) in [5.41, 5.74) is 2.71. The minimum Gasteiger partial charge on any atom is -0.324 e. The molecule has 1 N–H and O–H groups in total. The zero-order chi connectivity index (χ0) is 15.4. The van der Waals surface area contributed by atoms with E-state index in [2.05, 4.69) is 15.4 Å². The molecule has 0 radical (unpaired) electrons. The maximum Gasteiger partial charge on any atom is 0.293 e. The number of nitrogens with one attached hydrogen (secondary N) is 1. The number of nitrogens with zero attached hydrogens (tertiary/aromatic N) is 3. The minimum absolute atomic E-state index is 0.361. The zero-order valence-electron chi connectivity index (χ0n) is 12.2. The van der Waals surface area contributed by atoms with Gasteiger partial charge in [-0.05, 0) is 24.1 Å². The van der Waals surface area contributed by atoms with Crippen LogP contribution in [0.1, 0.15) is 11.1 Å². The SMILES string of the molecule is Cc1ccccc1Nc1nc(=O)cnn1Cc1ccccc1. The Morgan fingerprint density at radius 2 is 1.77 bits per heavy atom. The lowest BCUT2D eigenvalue weighted by Crippen LogP contribution is -2.19. The van der Waals surface area contributed by atoms with Crippen molar-refractivity contribution in [3.63, 3.8) is 0 Å². The topological polar surface area (TPSA) is 59.8 Å². The highest BCUT2D eigenvalue weighted by molar-refractivity contribution is 5.57. The first-order chi connectivity index (χ1) is 10.7. The number of anilines is 2. The lowest BCUT2D eigenvalue weighted by Gasteiger charge is -2.13. The first kappa shape index (κ1) is 14.0. The fourth-order valence-electron chi connectivity index (χ4n) is 2.16. The summed E-state index contributed by atoms with van der Waals surface area (Å²) in [6.45, 7) is 2.54. The normalized spacial score (nSPS) is 10.4. The Morgan fingerprint density at radius 1 is 1.05 bits per heavy atom. The van der Waals surface area contributed by atoms with Crippen LogP contribution in [0.4, 0.5) is 11.6 Å². The van der Waals surface area contributed by atoms with E-state index >= 15 is 0 Å². The predicted octanol–water partition coefficient (Wildman–Crippen LogP) is 2.74. The molecule has 5 nitrogen and oxygen atoms in total. The number of rotatable bonds is 4. The second-order valence-corrected chi connectivity index (χ2v) is 5.00. The van der Waals surface area contributed by atoms with Gasteiger partial charge in [-0.25, -0.2) is 4.68 Å². The summed E-state index contributed by atoms with van der Waals surface area (Å²) in [6, 6.07) is 17.8. The van der Waals surface area contributed by atoms with E-state index in [9.17, 15) is 4.79 Å². The van der Waals surface area contributed by atoms with E-state index in [-0.39, 0.29) is 5.56 Å². The van der Waals surface area contributed by atoms with E-state index in [0.717, 1.165) is 16.8 Å². The van der Waals surface area contributed by atoms with Crippen molar-refractivity contribution >= 4 is 11.6 Å². The minimum atomic E-state index is -0.361. The molecular formula is C17H16N4O. The molecular weight excluding hydrogens is 276 g/mol. The summed E-state index contributed by atoms with van der Waals surface area (Å²) in [5, 5.41) is 7.37. The molecule has 0 aliphatic heterocycles. The largest absolute Gasteiger partial charge is 0.324 e. The Morgan fingerprint density at radius 3 is 2.55 bits per heavy atom. The van der Waals surface area contributed by atoms with Gasteiger partial charge in [-0.1, -0.05) is 48.5 Å². The number of aromatic nitrogens is 3. The van der Waals surface area contributed by atoms with E-state index in [0.29, 0.717) is 12.5 Å². The Bertz CT molecular complexity index is 827. The van der Waals surface area contributed by atoms with Crippen molar-refractivity contribution < 1.29 is 0 Å². The molecule has 1 heterocycles. The van der Waals surface area contributed by atoms with Crippen molar-refractivity contribution in [3.8, 4) is 0 Å². The van der Waals surface area contributed by atoms with Crippen molar-refractivity contribution in [2.24, 2.45) is 0 Å². The van der Waals surface area contributed by atoms with Crippen LogP contribution in [0.3, 0.4) is 0 Å². The maximum absolute atomic E-state index is 11.5. The molecule has 0 amide bonds. The van der Waals surface area contributed by atoms with E-state index in [1.165, 1.54) is 6.20 Å². The van der Waals surface area contributed by atoms with Gasteiger partial charge in [0.2, 0.25) is 5.95 Å². The van der Waals surface area contributed by atoms with Gasteiger partial charge in [-0.2, -0.15) is 10.1 Å². The molecule has 3 rings (SSSR count). The number of aryl methyl sites for hydroxylation is 1. The van der Waals surface area contributed by atoms with Gasteiger partial charge in [0.25, 0.3) is 5.56 Å². The third-order valence-corrected chi connectivity index (χ3v) is 3.33. The second-order valence-electron chi connectivity index (χ2n) is 5.00. The van der Waals surface area contributed by atoms with Crippen LogP contribution < -0.4 is 10.9 Å². The van der Waals surface area contributed by atoms with Crippen LogP contribution in [0, 0.1) is 6.92 Å². The van der Waals surface area contributed by atoms with E-state index < -0.39 is 0 Å². The van der Waals surface area contributed by atoms with Crippen LogP contribution in [0.2, 0.25) is 0 Å². The molecule has 0 fully saturated rings. The van der Waals surface area contributed by atoms with Crippen LogP contribution in [0.15, 0.2) is 65.6 Å². The van der Waals surface area contributed by atoms with Crippen molar-refractivity contribution in [1.82, 2.24) is 14.8 Å². The Kier molecular flexibility index (Phi) is 3.96. The Labute approximate surface area is 128 Å². The molecule has 0 aliphatic rings. The van der Waals surface area contributed by atoms with Crippen molar-refractivity contribution in [2.75, 3.05) is 5.32 Å². The zero-order valence-corrected chi connectivity index (χ0v) is 12.2. The third-order valence-electron chi connectivity index (χ3n) is 3.33. The molecule has 22 heavy (non-hydrogen) atoms. The molecule has 1 aromatic heterocycles. The molecule has 5 heteroatoms. The molecule has 2 aromatic carbocycles. The quantitative estimate of drug-likeness (QED) is 0.803. The molecule has 110 valence electrons. The molecule has 0 saturated heterocycles. The van der Waals surface area contributed by atoms with Gasteiger partial charge in [-0.15, -0.1) is 0 Å². The summed E-state index contributed by atoms with van der Waals surface area (Å²) in [7, 11) is 0. The van der Waals surface area contributed by atoms with Gasteiger partial charge in [0.1, 0.15) is 6.20 Å². The fourth-order valence-corrected chi connectivity index (χ4v) is 2.16. The van der Waals surface area contributed by atoms with Crippen molar-refractivity contribution in [1.29, 1.82) is 0 Å². The maximum atomic E-state index is 11.5. The molecule has 0 atom stereocenters. The predicted molar refractivity (Wildman–Crippen MR) is 86.3 cm³/mol. The summed E-state index contributed by atoms with van der Waals surface area (Å²) >= 11 is 0. The smallest absolute Gasteiger partial charge is 0.293 e. The summed E-state index contributed by atoms with van der Waals surface area (Å²) < 4.78 is 1.68. The Balaban J connectivity index is 1.95. The number of hydrogen-bond acceptors (Lipinski definition) is 4. The number of para-hydroxylation sites is 1. The van der Waals surface area contributed by atoms with Crippen LogP contribution in [0.25, 0.3) is 0 Å². The monoisotopic (exact) mass is 292 g/mol. The highest BCUT2D eigenvalue weighted by Crippen LogP contribution is 2.18. The Hall–Kier alpha value is -2.95. The van der Waals surface area contributed by atoms with Gasteiger partial charge < -0.3 is 5.32 Å². The number of hydrogen-bond donors (Lipinski definition) is 1. The van der Waals surface area contributed by atoms with Gasteiger partial charge in [0, 0.05) is 5.69 Å². The molecule has 3 aromatic rings. The molecule has 0 spiro atoms. The van der Waals surface area contributed by atoms with Gasteiger partial charge in [-0.3, -0.25) is 4.79 Å². The lowest BCUT2D eigenvalue weighted by atomic mass is 10.2. The third kappa shape index (κ3) is 3.20. The molecule has 0 aliphatic carbocycles. The van der Waals surface area contributed by atoms with Crippen LogP contribution in [-0.2, 0) is 6.54 Å². The van der Waals surface area contributed by atoms with Crippen molar-refractivity contribution in [3.05, 3.63) is 82.3 Å². The first-order valence-electron chi connectivity index (χ1n) is 7.03. The van der Waals surface area contributed by atoms with Crippen LogP contribution in [-0.4, -0.2) is 14.8 Å². The highest BCUT2D eigenvalue weighted by Gasteiger charge is 2.07.